The van der Waals surface area contributed by atoms with Crippen LogP contribution in [0.3, 0.4) is 0 Å². The molecule has 0 aromatic carbocycles. The van der Waals surface area contributed by atoms with Crippen LogP contribution in [0.25, 0.3) is 0 Å². The first-order valence-electron chi connectivity index (χ1n) is 4.91. The van der Waals surface area contributed by atoms with Gasteiger partial charge in [0, 0.05) is 19.2 Å². The standard InChI is InChI=1S/C12H18N2O2/c1-5-7-11(13-3)12(15)14-8-10(6-2)9-16-4/h5-7,9H,2,8H2,1,3-4H3,(H,14,15)/b7-5-,10-9+,13-11?. The number of methoxy groups -OCH3 is 1. The largest absolute Gasteiger partial charge is 0.504 e. The summed E-state index contributed by atoms with van der Waals surface area (Å²) in [6.45, 7) is 5.81. The first kappa shape index (κ1) is 14.2. The molecule has 1 N–H and O–H groups in total. The smallest absolute Gasteiger partial charge is 0.269 e. The Hall–Kier alpha value is -1.84. The molecule has 0 radical (unpaired) electrons. The SMILES string of the molecule is C=C/C(=C\OC)CNC(=O)C(/C=C\C)=NC. The topological polar surface area (TPSA) is 50.7 Å². The Balaban J connectivity index is 4.36. The van der Waals surface area contributed by atoms with Crippen LogP contribution in [0.5, 0.6) is 0 Å². The van der Waals surface area contributed by atoms with E-state index in [1.807, 2.05) is 6.92 Å². The van der Waals surface area contributed by atoms with E-state index in [2.05, 4.69) is 16.9 Å². The lowest BCUT2D eigenvalue weighted by Crippen LogP contribution is -2.31. The van der Waals surface area contributed by atoms with Gasteiger partial charge in [0.2, 0.25) is 0 Å². The fourth-order valence-corrected chi connectivity index (χ4v) is 0.996. The highest BCUT2D eigenvalue weighted by atomic mass is 16.5. The molecule has 0 aromatic rings. The van der Waals surface area contributed by atoms with Gasteiger partial charge >= 0.3 is 0 Å². The van der Waals surface area contributed by atoms with Crippen molar-refractivity contribution in [3.8, 4) is 0 Å². The highest BCUT2D eigenvalue weighted by Gasteiger charge is 2.06. The van der Waals surface area contributed by atoms with Crippen molar-refractivity contribution in [1.29, 1.82) is 0 Å². The number of carbonyl (C=O) groups is 1. The van der Waals surface area contributed by atoms with Crippen LogP contribution in [0, 0.1) is 0 Å². The van der Waals surface area contributed by atoms with E-state index < -0.39 is 0 Å². The number of ether oxygens (including phenoxy) is 1. The lowest BCUT2D eigenvalue weighted by atomic mass is 10.2. The fraction of sp³-hybridized carbons (Fsp3) is 0.333. The van der Waals surface area contributed by atoms with Gasteiger partial charge in [0.1, 0.15) is 5.71 Å². The molecule has 0 unspecified atom stereocenters. The van der Waals surface area contributed by atoms with Crippen LogP contribution in [-0.2, 0) is 9.53 Å². The van der Waals surface area contributed by atoms with Crippen LogP contribution in [0.15, 0.2) is 41.6 Å². The van der Waals surface area contributed by atoms with E-state index in [1.54, 1.807) is 32.4 Å². The van der Waals surface area contributed by atoms with E-state index in [1.165, 1.54) is 6.26 Å². The second kappa shape index (κ2) is 8.47. The van der Waals surface area contributed by atoms with Crippen molar-refractivity contribution in [3.05, 3.63) is 36.6 Å². The summed E-state index contributed by atoms with van der Waals surface area (Å²) in [4.78, 5) is 15.5. The lowest BCUT2D eigenvalue weighted by molar-refractivity contribution is -0.114. The first-order valence-corrected chi connectivity index (χ1v) is 4.91. The number of rotatable bonds is 6. The predicted molar refractivity (Wildman–Crippen MR) is 66.5 cm³/mol. The number of amides is 1. The van der Waals surface area contributed by atoms with Gasteiger partial charge in [0.05, 0.1) is 13.4 Å². The summed E-state index contributed by atoms with van der Waals surface area (Å²) in [5, 5.41) is 2.71. The normalized spacial score (nSPS) is 12.7. The van der Waals surface area contributed by atoms with Gasteiger partial charge in [-0.25, -0.2) is 0 Å². The molecule has 0 bridgehead atoms. The van der Waals surface area contributed by atoms with Gasteiger partial charge in [-0.2, -0.15) is 0 Å². The molecule has 0 saturated heterocycles. The van der Waals surface area contributed by atoms with Gasteiger partial charge in [-0.05, 0) is 13.0 Å². The highest BCUT2D eigenvalue weighted by molar-refractivity contribution is 6.43. The molecule has 0 atom stereocenters. The predicted octanol–water partition coefficient (Wildman–Crippen LogP) is 1.47. The third kappa shape index (κ3) is 5.14. The second-order valence-corrected chi connectivity index (χ2v) is 2.92. The van der Waals surface area contributed by atoms with Crippen molar-refractivity contribution >= 4 is 11.6 Å². The highest BCUT2D eigenvalue weighted by Crippen LogP contribution is 1.93. The van der Waals surface area contributed by atoms with E-state index in [0.717, 1.165) is 5.57 Å². The minimum Gasteiger partial charge on any atom is -0.504 e. The monoisotopic (exact) mass is 222 g/mol. The van der Waals surface area contributed by atoms with E-state index in [-0.39, 0.29) is 5.91 Å². The zero-order chi connectivity index (χ0) is 12.4. The molecule has 0 aliphatic carbocycles. The van der Waals surface area contributed by atoms with Gasteiger partial charge in [0.25, 0.3) is 5.91 Å². The Kier molecular flexibility index (Phi) is 7.49. The molecule has 0 fully saturated rings. The zero-order valence-electron chi connectivity index (χ0n) is 9.99. The Bertz CT molecular complexity index is 328. The quantitative estimate of drug-likeness (QED) is 0.420. The number of nitrogens with one attached hydrogen (secondary N) is 1. The van der Waals surface area contributed by atoms with Crippen molar-refractivity contribution in [1.82, 2.24) is 5.32 Å². The van der Waals surface area contributed by atoms with Gasteiger partial charge in [0.15, 0.2) is 0 Å². The molecule has 88 valence electrons. The Labute approximate surface area is 96.4 Å². The van der Waals surface area contributed by atoms with Crippen LogP contribution >= 0.6 is 0 Å². The van der Waals surface area contributed by atoms with Gasteiger partial charge < -0.3 is 10.1 Å². The number of hydrogen-bond acceptors (Lipinski definition) is 3. The van der Waals surface area contributed by atoms with Crippen LogP contribution in [0.4, 0.5) is 0 Å². The second-order valence-electron chi connectivity index (χ2n) is 2.92. The molecule has 0 aliphatic heterocycles. The van der Waals surface area contributed by atoms with Crippen LogP contribution < -0.4 is 5.32 Å². The number of hydrogen-bond donors (Lipinski definition) is 1. The number of nitrogens with zero attached hydrogens (tertiary/aromatic N) is 1. The maximum absolute atomic E-state index is 11.6. The van der Waals surface area contributed by atoms with Crippen molar-refractivity contribution in [3.63, 3.8) is 0 Å². The maximum Gasteiger partial charge on any atom is 0.269 e. The molecule has 0 heterocycles. The molecule has 0 saturated carbocycles. The molecule has 4 heteroatoms. The number of carbonyl (C=O) groups excluding carboxylic acids is 1. The molecule has 0 aliphatic rings. The van der Waals surface area contributed by atoms with Crippen molar-refractivity contribution in [2.75, 3.05) is 20.7 Å². The summed E-state index contributed by atoms with van der Waals surface area (Å²) < 4.78 is 4.83. The van der Waals surface area contributed by atoms with E-state index >= 15 is 0 Å². The zero-order valence-corrected chi connectivity index (χ0v) is 9.99. The van der Waals surface area contributed by atoms with E-state index in [9.17, 15) is 4.79 Å². The Morgan fingerprint density at radius 1 is 1.56 bits per heavy atom. The third-order valence-electron chi connectivity index (χ3n) is 1.78. The average molecular weight is 222 g/mol. The van der Waals surface area contributed by atoms with Crippen LogP contribution in [-0.4, -0.2) is 32.3 Å². The lowest BCUT2D eigenvalue weighted by Gasteiger charge is -2.05. The molecule has 0 aromatic heterocycles. The maximum atomic E-state index is 11.6. The summed E-state index contributed by atoms with van der Waals surface area (Å²) >= 11 is 0. The summed E-state index contributed by atoms with van der Waals surface area (Å²) in [7, 11) is 3.12. The van der Waals surface area contributed by atoms with Crippen molar-refractivity contribution in [2.45, 2.75) is 6.92 Å². The summed E-state index contributed by atoms with van der Waals surface area (Å²) in [6, 6.07) is 0. The summed E-state index contributed by atoms with van der Waals surface area (Å²) in [5.74, 6) is -0.218. The molecule has 0 rings (SSSR count). The van der Waals surface area contributed by atoms with Crippen LogP contribution in [0.2, 0.25) is 0 Å². The Morgan fingerprint density at radius 2 is 2.25 bits per heavy atom. The van der Waals surface area contributed by atoms with Gasteiger partial charge in [-0.15, -0.1) is 0 Å². The van der Waals surface area contributed by atoms with Crippen molar-refractivity contribution < 1.29 is 9.53 Å². The van der Waals surface area contributed by atoms with E-state index in [0.29, 0.717) is 12.3 Å². The van der Waals surface area contributed by atoms with E-state index in [4.69, 9.17) is 4.74 Å². The first-order chi connectivity index (χ1) is 7.69. The van der Waals surface area contributed by atoms with Gasteiger partial charge in [-0.3, -0.25) is 9.79 Å². The Morgan fingerprint density at radius 3 is 2.69 bits per heavy atom. The molecule has 16 heavy (non-hydrogen) atoms. The van der Waals surface area contributed by atoms with Gasteiger partial charge in [-0.1, -0.05) is 18.7 Å². The minimum absolute atomic E-state index is 0.218. The summed E-state index contributed by atoms with van der Waals surface area (Å²) in [6.07, 6.45) is 6.58. The van der Waals surface area contributed by atoms with Crippen LogP contribution in [0.1, 0.15) is 6.92 Å². The minimum atomic E-state index is -0.218. The van der Waals surface area contributed by atoms with Crippen molar-refractivity contribution in [2.24, 2.45) is 4.99 Å². The summed E-state index contributed by atoms with van der Waals surface area (Å²) in [5.41, 5.74) is 1.19. The number of aliphatic imine (C=N–C) groups is 1. The molecular formula is C12H18N2O2. The molecule has 4 nitrogen and oxygen atoms in total. The molecular weight excluding hydrogens is 204 g/mol. The third-order valence-corrected chi connectivity index (χ3v) is 1.78. The average Bonchev–Trinajstić information content (AvgIpc) is 2.30. The number of allylic oxidation sites excluding steroid dienone is 1. The molecule has 0 spiro atoms. The molecule has 1 amide bonds. The fourth-order valence-electron chi connectivity index (χ4n) is 0.996.